The fraction of sp³-hybridized carbons (Fsp3) is 0.950. The van der Waals surface area contributed by atoms with Crippen LogP contribution in [0.1, 0.15) is 59.3 Å². The molecule has 4 nitrogen and oxygen atoms in total. The van der Waals surface area contributed by atoms with Crippen LogP contribution in [-0.2, 0) is 4.74 Å². The average molecular weight is 463 g/mol. The van der Waals surface area contributed by atoms with Crippen molar-refractivity contribution in [1.82, 2.24) is 10.2 Å². The molecule has 4 unspecified atom stereocenters. The fourth-order valence-electron chi connectivity index (χ4n) is 5.14. The van der Waals surface area contributed by atoms with Crippen LogP contribution < -0.4 is 5.32 Å². The highest BCUT2D eigenvalue weighted by molar-refractivity contribution is 14.0. The number of nitrogens with zero attached hydrogens (tertiary/aromatic N) is 2. The highest BCUT2D eigenvalue weighted by atomic mass is 127. The maximum Gasteiger partial charge on any atom is 0.193 e. The van der Waals surface area contributed by atoms with Crippen molar-refractivity contribution in [3.8, 4) is 0 Å². The number of aliphatic imine (C=N–C) groups is 1. The number of likely N-dealkylation sites (tertiary alicyclic amines) is 1. The van der Waals surface area contributed by atoms with E-state index in [1.807, 2.05) is 7.05 Å². The molecule has 2 heterocycles. The zero-order valence-corrected chi connectivity index (χ0v) is 18.9. The molecule has 5 heteroatoms. The molecular weight excluding hydrogens is 425 g/mol. The first kappa shape index (κ1) is 21.3. The van der Waals surface area contributed by atoms with Gasteiger partial charge in [-0.1, -0.05) is 33.6 Å². The third-order valence-corrected chi connectivity index (χ3v) is 6.31. The van der Waals surface area contributed by atoms with E-state index in [4.69, 9.17) is 4.74 Å². The second-order valence-corrected chi connectivity index (χ2v) is 9.20. The summed E-state index contributed by atoms with van der Waals surface area (Å²) in [6, 6.07) is 0. The Balaban J connectivity index is 0.00000225. The lowest BCUT2D eigenvalue weighted by Crippen LogP contribution is -2.48. The van der Waals surface area contributed by atoms with Gasteiger partial charge in [-0.15, -0.1) is 24.0 Å². The van der Waals surface area contributed by atoms with E-state index < -0.39 is 0 Å². The molecule has 0 aromatic heterocycles. The van der Waals surface area contributed by atoms with E-state index in [-0.39, 0.29) is 29.4 Å². The molecule has 3 fully saturated rings. The predicted molar refractivity (Wildman–Crippen MR) is 116 cm³/mol. The van der Waals surface area contributed by atoms with E-state index in [9.17, 15) is 0 Å². The van der Waals surface area contributed by atoms with Gasteiger partial charge in [0.05, 0.1) is 6.10 Å². The summed E-state index contributed by atoms with van der Waals surface area (Å²) in [5.41, 5.74) is 0.207. The van der Waals surface area contributed by atoms with E-state index in [0.29, 0.717) is 12.0 Å². The Morgan fingerprint density at radius 1 is 1.08 bits per heavy atom. The molecule has 0 bridgehead atoms. The van der Waals surface area contributed by atoms with Crippen molar-refractivity contribution in [2.75, 3.05) is 33.3 Å². The summed E-state index contributed by atoms with van der Waals surface area (Å²) in [6.07, 6.45) is 8.48. The standard InChI is InChI=1S/C20H37N3O.HI/c1-20(2,3)18-15(10-7-11-24-18)12-22-19(21-4)23-13-16-8-5-6-9-17(16)14-23;/h15-18H,5-14H2,1-4H3,(H,21,22);1H. The molecule has 1 N–H and O–H groups in total. The third kappa shape index (κ3) is 5.24. The van der Waals surface area contributed by atoms with Gasteiger partial charge in [0.15, 0.2) is 5.96 Å². The molecule has 1 aliphatic carbocycles. The lowest BCUT2D eigenvalue weighted by atomic mass is 9.78. The first-order valence-corrected chi connectivity index (χ1v) is 10.1. The second-order valence-electron chi connectivity index (χ2n) is 9.20. The van der Waals surface area contributed by atoms with Gasteiger partial charge in [0, 0.05) is 39.2 Å². The molecule has 2 saturated heterocycles. The topological polar surface area (TPSA) is 36.9 Å². The van der Waals surface area contributed by atoms with Gasteiger partial charge in [0.1, 0.15) is 0 Å². The summed E-state index contributed by atoms with van der Waals surface area (Å²) in [5, 5.41) is 3.69. The predicted octanol–water partition coefficient (Wildman–Crippen LogP) is 4.14. The van der Waals surface area contributed by atoms with E-state index in [1.165, 1.54) is 51.6 Å². The number of nitrogens with one attached hydrogen (secondary N) is 1. The van der Waals surface area contributed by atoms with Crippen molar-refractivity contribution >= 4 is 29.9 Å². The summed E-state index contributed by atoms with van der Waals surface area (Å²) < 4.78 is 6.13. The molecule has 25 heavy (non-hydrogen) atoms. The summed E-state index contributed by atoms with van der Waals surface area (Å²) in [7, 11) is 1.93. The molecule has 1 saturated carbocycles. The van der Waals surface area contributed by atoms with Crippen LogP contribution in [0.15, 0.2) is 4.99 Å². The molecule has 146 valence electrons. The zero-order valence-electron chi connectivity index (χ0n) is 16.6. The van der Waals surface area contributed by atoms with Gasteiger partial charge in [0.2, 0.25) is 0 Å². The normalized spacial score (nSPS) is 33.6. The van der Waals surface area contributed by atoms with Crippen molar-refractivity contribution in [3.63, 3.8) is 0 Å². The van der Waals surface area contributed by atoms with Gasteiger partial charge in [-0.2, -0.15) is 0 Å². The van der Waals surface area contributed by atoms with E-state index >= 15 is 0 Å². The Labute approximate surface area is 171 Å². The maximum absolute atomic E-state index is 6.13. The van der Waals surface area contributed by atoms with Crippen LogP contribution in [0.25, 0.3) is 0 Å². The van der Waals surface area contributed by atoms with Crippen LogP contribution in [0.4, 0.5) is 0 Å². The summed E-state index contributed by atoms with van der Waals surface area (Å²) in [5.74, 6) is 3.50. The number of hydrogen-bond donors (Lipinski definition) is 1. The van der Waals surface area contributed by atoms with Crippen molar-refractivity contribution in [3.05, 3.63) is 0 Å². The molecule has 2 aliphatic heterocycles. The minimum atomic E-state index is 0. The zero-order chi connectivity index (χ0) is 17.2. The van der Waals surface area contributed by atoms with Crippen molar-refractivity contribution < 1.29 is 4.74 Å². The molecule has 0 aromatic carbocycles. The van der Waals surface area contributed by atoms with Crippen LogP contribution in [0.5, 0.6) is 0 Å². The Morgan fingerprint density at radius 3 is 2.28 bits per heavy atom. The van der Waals surface area contributed by atoms with Gasteiger partial charge in [-0.3, -0.25) is 4.99 Å². The van der Waals surface area contributed by atoms with E-state index in [2.05, 4.69) is 36.0 Å². The minimum Gasteiger partial charge on any atom is -0.377 e. The highest BCUT2D eigenvalue weighted by Crippen LogP contribution is 2.36. The second kappa shape index (κ2) is 9.25. The quantitative estimate of drug-likeness (QED) is 0.380. The van der Waals surface area contributed by atoms with Gasteiger partial charge < -0.3 is 15.0 Å². The fourth-order valence-corrected chi connectivity index (χ4v) is 5.14. The summed E-state index contributed by atoms with van der Waals surface area (Å²) >= 11 is 0. The molecule has 3 aliphatic rings. The number of guanidine groups is 1. The number of halogens is 1. The Hall–Kier alpha value is -0.0400. The average Bonchev–Trinajstić information content (AvgIpc) is 2.98. The van der Waals surface area contributed by atoms with Crippen molar-refractivity contribution in [2.45, 2.75) is 65.4 Å². The van der Waals surface area contributed by atoms with Gasteiger partial charge >= 0.3 is 0 Å². The molecule has 0 amide bonds. The molecule has 0 radical (unpaired) electrons. The van der Waals surface area contributed by atoms with Crippen LogP contribution in [0.3, 0.4) is 0 Å². The molecule has 4 atom stereocenters. The van der Waals surface area contributed by atoms with Crippen LogP contribution >= 0.6 is 24.0 Å². The molecular formula is C20H38IN3O. The minimum absolute atomic E-state index is 0. The molecule has 0 spiro atoms. The number of rotatable bonds is 2. The van der Waals surface area contributed by atoms with Gasteiger partial charge in [0.25, 0.3) is 0 Å². The largest absolute Gasteiger partial charge is 0.377 e. The number of fused-ring (bicyclic) bond motifs is 1. The Morgan fingerprint density at radius 2 is 1.72 bits per heavy atom. The smallest absolute Gasteiger partial charge is 0.193 e. The van der Waals surface area contributed by atoms with E-state index in [0.717, 1.165) is 30.9 Å². The highest BCUT2D eigenvalue weighted by Gasteiger charge is 2.37. The molecule has 3 rings (SSSR count). The Kier molecular flexibility index (Phi) is 7.86. The lowest BCUT2D eigenvalue weighted by molar-refractivity contribution is -0.0836. The first-order chi connectivity index (χ1) is 11.5. The lowest BCUT2D eigenvalue weighted by Gasteiger charge is -2.40. The third-order valence-electron chi connectivity index (χ3n) is 6.31. The number of ether oxygens (including phenoxy) is 1. The van der Waals surface area contributed by atoms with E-state index in [1.54, 1.807) is 0 Å². The van der Waals surface area contributed by atoms with Crippen LogP contribution in [-0.4, -0.2) is 50.3 Å². The maximum atomic E-state index is 6.13. The first-order valence-electron chi connectivity index (χ1n) is 10.1. The monoisotopic (exact) mass is 463 g/mol. The van der Waals surface area contributed by atoms with Crippen molar-refractivity contribution in [1.29, 1.82) is 0 Å². The van der Waals surface area contributed by atoms with Crippen molar-refractivity contribution in [2.24, 2.45) is 28.2 Å². The number of hydrogen-bond acceptors (Lipinski definition) is 2. The SMILES string of the molecule is CN=C(NCC1CCCOC1C(C)(C)C)N1CC2CCCCC2C1.I. The summed E-state index contributed by atoms with van der Waals surface area (Å²) in [4.78, 5) is 7.10. The Bertz CT molecular complexity index is 435. The van der Waals surface area contributed by atoms with Crippen LogP contribution in [0, 0.1) is 23.2 Å². The van der Waals surface area contributed by atoms with Gasteiger partial charge in [-0.25, -0.2) is 0 Å². The van der Waals surface area contributed by atoms with Crippen LogP contribution in [0.2, 0.25) is 0 Å². The molecule has 0 aromatic rings. The summed E-state index contributed by atoms with van der Waals surface area (Å²) in [6.45, 7) is 11.2. The van der Waals surface area contributed by atoms with Gasteiger partial charge in [-0.05, 0) is 42.9 Å².